The summed E-state index contributed by atoms with van der Waals surface area (Å²) in [6.07, 6.45) is 1.72. The van der Waals surface area contributed by atoms with Crippen LogP contribution in [-0.4, -0.2) is 0 Å². The fourth-order valence-electron chi connectivity index (χ4n) is 0.612. The number of hydrogen-bond acceptors (Lipinski definition) is 0. The molecule has 44 valence electrons. The molecule has 0 aromatic heterocycles. The van der Waals surface area contributed by atoms with E-state index in [0.717, 1.165) is 5.56 Å². The van der Waals surface area contributed by atoms with Crippen molar-refractivity contribution in [3.05, 3.63) is 41.4 Å². The molecule has 1 heteroatoms. The van der Waals surface area contributed by atoms with Crippen LogP contribution in [0.2, 0.25) is 0 Å². The van der Waals surface area contributed by atoms with E-state index in [9.17, 15) is 0 Å². The molecule has 0 heterocycles. The summed E-state index contributed by atoms with van der Waals surface area (Å²) in [6.45, 7) is 0. The average Bonchev–Trinajstić information content (AvgIpc) is 1.91. The van der Waals surface area contributed by atoms with Gasteiger partial charge in [0.25, 0.3) is 0 Å². The summed E-state index contributed by atoms with van der Waals surface area (Å²) in [5.41, 5.74) is 3.51. The van der Waals surface area contributed by atoms with E-state index < -0.39 is 0 Å². The molecule has 0 nitrogen and oxygen atoms in total. The van der Waals surface area contributed by atoms with Crippen molar-refractivity contribution in [2.75, 3.05) is 0 Å². The lowest BCUT2D eigenvalue weighted by atomic mass is 10.2. The predicted octanol–water partition coefficient (Wildman–Crippen LogP) is 2.70. The highest BCUT2D eigenvalue weighted by Gasteiger charge is 1.90. The molecule has 0 fully saturated rings. The molecule has 0 atom stereocenters. The van der Waals surface area contributed by atoms with Gasteiger partial charge in [-0.1, -0.05) is 6.07 Å². The molecule has 0 bridgehead atoms. The molecule has 0 aliphatic carbocycles. The molecule has 0 unspecified atom stereocenters. The van der Waals surface area contributed by atoms with Crippen molar-refractivity contribution in [3.8, 4) is 0 Å². The van der Waals surface area contributed by atoms with Gasteiger partial charge in [0.05, 0.1) is 0 Å². The van der Waals surface area contributed by atoms with Gasteiger partial charge in [-0.15, -0.1) is 0 Å². The SMILES string of the molecule is Cl[C+]=Cc1ccccc1. The van der Waals surface area contributed by atoms with Crippen molar-refractivity contribution < 1.29 is 0 Å². The molecular formula is C8H6Cl+. The molecule has 9 heavy (non-hydrogen) atoms. The maximum atomic E-state index is 5.23. The van der Waals surface area contributed by atoms with Gasteiger partial charge in [0.2, 0.25) is 0 Å². The Morgan fingerprint density at radius 3 is 2.44 bits per heavy atom. The van der Waals surface area contributed by atoms with Crippen molar-refractivity contribution in [2.24, 2.45) is 0 Å². The van der Waals surface area contributed by atoms with Crippen LogP contribution in [0, 0.1) is 5.54 Å². The van der Waals surface area contributed by atoms with Gasteiger partial charge in [0.1, 0.15) is 17.2 Å². The summed E-state index contributed by atoms with van der Waals surface area (Å²) < 4.78 is 0. The predicted molar refractivity (Wildman–Crippen MR) is 40.0 cm³/mol. The zero-order valence-electron chi connectivity index (χ0n) is 4.84. The molecule has 0 aliphatic rings. The summed E-state index contributed by atoms with van der Waals surface area (Å²) in [5, 5.41) is 0. The third-order valence-corrected chi connectivity index (χ3v) is 1.13. The van der Waals surface area contributed by atoms with Crippen LogP contribution < -0.4 is 0 Å². The summed E-state index contributed by atoms with van der Waals surface area (Å²) in [6, 6.07) is 9.82. The second-order valence-electron chi connectivity index (χ2n) is 1.66. The van der Waals surface area contributed by atoms with Crippen LogP contribution in [0.5, 0.6) is 0 Å². The highest BCUT2D eigenvalue weighted by Crippen LogP contribution is 2.00. The minimum Gasteiger partial charge on any atom is -0.0586 e. The van der Waals surface area contributed by atoms with Crippen LogP contribution in [0.25, 0.3) is 6.08 Å². The van der Waals surface area contributed by atoms with Gasteiger partial charge >= 0.3 is 0 Å². The fourth-order valence-corrected chi connectivity index (χ4v) is 0.738. The van der Waals surface area contributed by atoms with Crippen molar-refractivity contribution in [3.63, 3.8) is 0 Å². The van der Waals surface area contributed by atoms with Crippen LogP contribution in [0.1, 0.15) is 5.56 Å². The van der Waals surface area contributed by atoms with Crippen LogP contribution in [0.3, 0.4) is 0 Å². The van der Waals surface area contributed by atoms with Crippen LogP contribution in [-0.2, 0) is 0 Å². The Morgan fingerprint density at radius 2 is 1.89 bits per heavy atom. The minimum absolute atomic E-state index is 1.08. The van der Waals surface area contributed by atoms with Gasteiger partial charge in [-0.3, -0.25) is 0 Å². The lowest BCUT2D eigenvalue weighted by Gasteiger charge is -1.76. The summed E-state index contributed by atoms with van der Waals surface area (Å²) in [4.78, 5) is 0. The maximum absolute atomic E-state index is 5.23. The molecule has 0 radical (unpaired) electrons. The standard InChI is InChI=1S/C8H6Cl/c9-7-6-8-4-2-1-3-5-8/h1-6H/q+1. The monoisotopic (exact) mass is 137 g/mol. The quantitative estimate of drug-likeness (QED) is 0.522. The van der Waals surface area contributed by atoms with Gasteiger partial charge in [0, 0.05) is 12.1 Å². The molecule has 0 aliphatic heterocycles. The minimum atomic E-state index is 1.08. The Hall–Kier alpha value is -0.840. The maximum Gasteiger partial charge on any atom is 0.187 e. The van der Waals surface area contributed by atoms with Crippen LogP contribution in [0.15, 0.2) is 30.3 Å². The zero-order chi connectivity index (χ0) is 6.53. The number of benzene rings is 1. The number of halogens is 1. The van der Waals surface area contributed by atoms with Crippen molar-refractivity contribution in [1.29, 1.82) is 0 Å². The Labute approximate surface area is 59.8 Å². The highest BCUT2D eigenvalue weighted by atomic mass is 35.5. The Kier molecular flexibility index (Phi) is 2.26. The molecule has 1 rings (SSSR count). The fraction of sp³-hybridized carbons (Fsp3) is 0. The van der Waals surface area contributed by atoms with Crippen molar-refractivity contribution in [1.82, 2.24) is 0 Å². The molecule has 0 spiro atoms. The van der Waals surface area contributed by atoms with Crippen LogP contribution in [0.4, 0.5) is 0 Å². The molecule has 0 amide bonds. The molecule has 0 saturated carbocycles. The van der Waals surface area contributed by atoms with Gasteiger partial charge in [-0.05, 0) is 12.1 Å². The third-order valence-electron chi connectivity index (χ3n) is 1.02. The first-order chi connectivity index (χ1) is 4.43. The van der Waals surface area contributed by atoms with Gasteiger partial charge < -0.3 is 0 Å². The van der Waals surface area contributed by atoms with E-state index in [0.29, 0.717) is 0 Å². The molecule has 1 aromatic rings. The average molecular weight is 138 g/mol. The van der Waals surface area contributed by atoms with Crippen molar-refractivity contribution in [2.45, 2.75) is 0 Å². The molecule has 1 aromatic carbocycles. The molecule has 0 saturated heterocycles. The van der Waals surface area contributed by atoms with E-state index in [1.54, 1.807) is 6.08 Å². The van der Waals surface area contributed by atoms with Gasteiger partial charge in [-0.2, -0.15) is 0 Å². The topological polar surface area (TPSA) is 0 Å². The summed E-state index contributed by atoms with van der Waals surface area (Å²) >= 11 is 5.23. The van der Waals surface area contributed by atoms with Crippen LogP contribution >= 0.6 is 11.6 Å². The Bertz CT molecular complexity index is 189. The van der Waals surface area contributed by atoms with E-state index in [1.165, 1.54) is 0 Å². The second-order valence-corrected chi connectivity index (χ2v) is 1.88. The highest BCUT2D eigenvalue weighted by molar-refractivity contribution is 6.23. The first-order valence-electron chi connectivity index (χ1n) is 2.68. The van der Waals surface area contributed by atoms with Gasteiger partial charge in [0.15, 0.2) is 11.6 Å². The molecule has 0 N–H and O–H groups in total. The summed E-state index contributed by atoms with van der Waals surface area (Å²) in [5.74, 6) is 0. The van der Waals surface area contributed by atoms with Gasteiger partial charge in [-0.25, -0.2) is 0 Å². The smallest absolute Gasteiger partial charge is 0.0586 e. The van der Waals surface area contributed by atoms with E-state index in [-0.39, 0.29) is 0 Å². The van der Waals surface area contributed by atoms with Crippen molar-refractivity contribution >= 4 is 17.7 Å². The number of rotatable bonds is 1. The first kappa shape index (κ1) is 6.28. The normalized spacial score (nSPS) is 9.44. The number of hydrogen-bond donors (Lipinski definition) is 0. The molecular weight excluding hydrogens is 132 g/mol. The second kappa shape index (κ2) is 3.24. The van der Waals surface area contributed by atoms with E-state index in [1.807, 2.05) is 30.3 Å². The van der Waals surface area contributed by atoms with E-state index in [4.69, 9.17) is 11.6 Å². The lowest BCUT2D eigenvalue weighted by Crippen LogP contribution is -1.65. The largest absolute Gasteiger partial charge is 0.187 e. The third kappa shape index (κ3) is 1.85. The first-order valence-corrected chi connectivity index (χ1v) is 3.05. The summed E-state index contributed by atoms with van der Waals surface area (Å²) in [7, 11) is 0. The Morgan fingerprint density at radius 1 is 1.22 bits per heavy atom. The van der Waals surface area contributed by atoms with E-state index >= 15 is 0 Å². The zero-order valence-corrected chi connectivity index (χ0v) is 5.60. The lowest BCUT2D eigenvalue weighted by molar-refractivity contribution is 1.66. The Balaban J connectivity index is 2.85. The van der Waals surface area contributed by atoms with E-state index in [2.05, 4.69) is 5.54 Å².